The van der Waals surface area contributed by atoms with Gasteiger partial charge in [-0.1, -0.05) is 42.1 Å². The van der Waals surface area contributed by atoms with Gasteiger partial charge >= 0.3 is 0 Å². The molecule has 2 rings (SSSR count). The monoisotopic (exact) mass is 244 g/mol. The van der Waals surface area contributed by atoms with Crippen LogP contribution in [0.4, 0.5) is 0 Å². The summed E-state index contributed by atoms with van der Waals surface area (Å²) in [6.07, 6.45) is 10.5. The summed E-state index contributed by atoms with van der Waals surface area (Å²) in [5.41, 5.74) is 0.813. The topological polar surface area (TPSA) is 0 Å². The van der Waals surface area contributed by atoms with Crippen LogP contribution < -0.4 is 0 Å². The van der Waals surface area contributed by atoms with Crippen molar-refractivity contribution in [3.63, 3.8) is 0 Å². The van der Waals surface area contributed by atoms with Crippen molar-refractivity contribution in [1.82, 2.24) is 0 Å². The smallest absolute Gasteiger partial charge is 0.00651 e. The summed E-state index contributed by atoms with van der Waals surface area (Å²) < 4.78 is 0. The zero-order chi connectivity index (χ0) is 9.31. The van der Waals surface area contributed by atoms with Crippen molar-refractivity contribution < 1.29 is 0 Å². The molecule has 2 saturated carbocycles. The lowest BCUT2D eigenvalue weighted by molar-refractivity contribution is 0.388. The molecule has 0 nitrogen and oxygen atoms in total. The minimum Gasteiger partial charge on any atom is -0.0925 e. The van der Waals surface area contributed by atoms with Gasteiger partial charge in [0.25, 0.3) is 0 Å². The first-order valence-electron chi connectivity index (χ1n) is 5.86. The highest BCUT2D eigenvalue weighted by Gasteiger charge is 2.52. The number of hydrogen-bond acceptors (Lipinski definition) is 0. The molecule has 0 aromatic heterocycles. The van der Waals surface area contributed by atoms with Crippen molar-refractivity contribution in [3.8, 4) is 0 Å². The lowest BCUT2D eigenvalue weighted by atomic mass is 9.93. The first-order chi connectivity index (χ1) is 6.30. The van der Waals surface area contributed by atoms with E-state index in [1.165, 1.54) is 50.3 Å². The van der Waals surface area contributed by atoms with E-state index in [0.29, 0.717) is 0 Å². The predicted octanol–water partition coefficient (Wildman–Crippen LogP) is 4.38. The highest BCUT2D eigenvalue weighted by molar-refractivity contribution is 9.09. The van der Waals surface area contributed by atoms with Gasteiger partial charge in [-0.3, -0.25) is 0 Å². The quantitative estimate of drug-likeness (QED) is 0.633. The van der Waals surface area contributed by atoms with Crippen LogP contribution in [0.25, 0.3) is 0 Å². The molecule has 0 aromatic rings. The standard InChI is InChI=1S/C12H21Br/c1-2-10-4-3-6-12(7-5-10)8-11(12)9-13/h10-11H,2-9H2,1H3. The summed E-state index contributed by atoms with van der Waals surface area (Å²) in [6.45, 7) is 2.36. The van der Waals surface area contributed by atoms with Gasteiger partial charge in [-0.05, 0) is 42.9 Å². The highest BCUT2D eigenvalue weighted by Crippen LogP contribution is 2.61. The molecule has 0 aromatic carbocycles. The van der Waals surface area contributed by atoms with Crippen LogP contribution in [0.15, 0.2) is 0 Å². The second-order valence-corrected chi connectivity index (χ2v) is 5.77. The molecule has 2 fully saturated rings. The highest BCUT2D eigenvalue weighted by atomic mass is 79.9. The molecule has 2 aliphatic rings. The molecule has 1 spiro atoms. The van der Waals surface area contributed by atoms with Gasteiger partial charge in [0, 0.05) is 5.33 Å². The zero-order valence-electron chi connectivity index (χ0n) is 8.69. The third-order valence-corrected chi connectivity index (χ3v) is 5.24. The third kappa shape index (κ3) is 1.95. The van der Waals surface area contributed by atoms with E-state index < -0.39 is 0 Å². The lowest BCUT2D eigenvalue weighted by Gasteiger charge is -2.13. The Balaban J connectivity index is 1.89. The van der Waals surface area contributed by atoms with Crippen LogP contribution in [0.3, 0.4) is 0 Å². The molecule has 3 atom stereocenters. The van der Waals surface area contributed by atoms with Gasteiger partial charge in [-0.25, -0.2) is 0 Å². The van der Waals surface area contributed by atoms with Gasteiger partial charge in [-0.15, -0.1) is 0 Å². The van der Waals surface area contributed by atoms with Gasteiger partial charge < -0.3 is 0 Å². The van der Waals surface area contributed by atoms with E-state index in [4.69, 9.17) is 0 Å². The first kappa shape index (κ1) is 10.0. The Kier molecular flexibility index (Phi) is 3.02. The second kappa shape index (κ2) is 3.92. The minimum absolute atomic E-state index is 0.813. The van der Waals surface area contributed by atoms with Crippen LogP contribution in [0, 0.1) is 17.3 Å². The largest absolute Gasteiger partial charge is 0.0925 e. The zero-order valence-corrected chi connectivity index (χ0v) is 10.3. The molecule has 0 aliphatic heterocycles. The molecule has 0 bridgehead atoms. The fourth-order valence-electron chi connectivity index (χ4n) is 3.17. The van der Waals surface area contributed by atoms with Gasteiger partial charge in [0.05, 0.1) is 0 Å². The summed E-state index contributed by atoms with van der Waals surface area (Å²) >= 11 is 3.64. The van der Waals surface area contributed by atoms with Crippen molar-refractivity contribution in [2.75, 3.05) is 5.33 Å². The Morgan fingerprint density at radius 3 is 2.77 bits per heavy atom. The summed E-state index contributed by atoms with van der Waals surface area (Å²) in [4.78, 5) is 0. The maximum atomic E-state index is 3.64. The second-order valence-electron chi connectivity index (χ2n) is 5.12. The van der Waals surface area contributed by atoms with E-state index >= 15 is 0 Å². The van der Waals surface area contributed by atoms with Crippen LogP contribution >= 0.6 is 15.9 Å². The van der Waals surface area contributed by atoms with Crippen LogP contribution in [0.1, 0.15) is 51.9 Å². The summed E-state index contributed by atoms with van der Waals surface area (Å²) in [7, 11) is 0. The number of hydrogen-bond donors (Lipinski definition) is 0. The van der Waals surface area contributed by atoms with Crippen molar-refractivity contribution in [2.24, 2.45) is 17.3 Å². The number of alkyl halides is 1. The summed E-state index contributed by atoms with van der Waals surface area (Å²) in [6, 6.07) is 0. The van der Waals surface area contributed by atoms with Crippen LogP contribution in [-0.4, -0.2) is 5.33 Å². The van der Waals surface area contributed by atoms with Crippen molar-refractivity contribution in [3.05, 3.63) is 0 Å². The molecular weight excluding hydrogens is 224 g/mol. The number of rotatable bonds is 2. The molecule has 3 unspecified atom stereocenters. The molecule has 0 amide bonds. The fraction of sp³-hybridized carbons (Fsp3) is 1.00. The first-order valence-corrected chi connectivity index (χ1v) is 6.99. The predicted molar refractivity (Wildman–Crippen MR) is 61.2 cm³/mol. The van der Waals surface area contributed by atoms with Gasteiger partial charge in [0.2, 0.25) is 0 Å². The summed E-state index contributed by atoms with van der Waals surface area (Å²) in [5.74, 6) is 2.08. The van der Waals surface area contributed by atoms with Gasteiger partial charge in [0.1, 0.15) is 0 Å². The lowest BCUT2D eigenvalue weighted by Crippen LogP contribution is -2.03. The fourth-order valence-corrected chi connectivity index (χ4v) is 4.09. The maximum Gasteiger partial charge on any atom is 0.00651 e. The maximum absolute atomic E-state index is 3.64. The van der Waals surface area contributed by atoms with Crippen molar-refractivity contribution >= 4 is 15.9 Å². The van der Waals surface area contributed by atoms with Gasteiger partial charge in [-0.2, -0.15) is 0 Å². The summed E-state index contributed by atoms with van der Waals surface area (Å²) in [5, 5.41) is 1.25. The number of halogens is 1. The molecule has 0 saturated heterocycles. The van der Waals surface area contributed by atoms with E-state index in [1.54, 1.807) is 0 Å². The molecule has 2 aliphatic carbocycles. The van der Waals surface area contributed by atoms with E-state index in [1.807, 2.05) is 0 Å². The van der Waals surface area contributed by atoms with E-state index in [2.05, 4.69) is 22.9 Å². The van der Waals surface area contributed by atoms with E-state index in [0.717, 1.165) is 17.3 Å². The Morgan fingerprint density at radius 1 is 1.31 bits per heavy atom. The Labute approximate surface area is 90.6 Å². The van der Waals surface area contributed by atoms with Crippen molar-refractivity contribution in [2.45, 2.75) is 51.9 Å². The normalized spacial score (nSPS) is 44.8. The molecule has 13 heavy (non-hydrogen) atoms. The van der Waals surface area contributed by atoms with E-state index in [-0.39, 0.29) is 0 Å². The average molecular weight is 245 g/mol. The molecule has 76 valence electrons. The molecular formula is C12H21Br. The Bertz CT molecular complexity index is 174. The minimum atomic E-state index is 0.813. The molecule has 0 radical (unpaired) electrons. The Morgan fingerprint density at radius 2 is 2.15 bits per heavy atom. The van der Waals surface area contributed by atoms with Gasteiger partial charge in [0.15, 0.2) is 0 Å². The average Bonchev–Trinajstić information content (AvgIpc) is 2.89. The van der Waals surface area contributed by atoms with Crippen LogP contribution in [-0.2, 0) is 0 Å². The SMILES string of the molecule is CCC1CCCC2(CC1)CC2CBr. The van der Waals surface area contributed by atoms with Crippen LogP contribution in [0.5, 0.6) is 0 Å². The molecule has 0 N–H and O–H groups in total. The molecule has 0 heterocycles. The van der Waals surface area contributed by atoms with E-state index in [9.17, 15) is 0 Å². The van der Waals surface area contributed by atoms with Crippen LogP contribution in [0.2, 0.25) is 0 Å². The third-order valence-electron chi connectivity index (χ3n) is 4.46. The molecule has 1 heteroatoms. The van der Waals surface area contributed by atoms with Crippen molar-refractivity contribution in [1.29, 1.82) is 0 Å². The Hall–Kier alpha value is 0.480.